The first-order valence-corrected chi connectivity index (χ1v) is 5.99. The van der Waals surface area contributed by atoms with E-state index in [0.717, 1.165) is 17.2 Å². The Bertz CT molecular complexity index is 324. The first-order valence-electron chi connectivity index (χ1n) is 5.11. The molecule has 5 heteroatoms. The number of aromatic nitrogens is 1. The molecule has 1 rings (SSSR count). The molecule has 0 bridgehead atoms. The van der Waals surface area contributed by atoms with Gasteiger partial charge >= 0.3 is 0 Å². The third-order valence-corrected chi connectivity index (χ3v) is 3.03. The van der Waals surface area contributed by atoms with E-state index < -0.39 is 0 Å². The van der Waals surface area contributed by atoms with Crippen molar-refractivity contribution < 1.29 is 4.79 Å². The van der Waals surface area contributed by atoms with Crippen molar-refractivity contribution in [1.82, 2.24) is 4.98 Å². The molecule has 0 fully saturated rings. The van der Waals surface area contributed by atoms with E-state index in [-0.39, 0.29) is 5.91 Å². The van der Waals surface area contributed by atoms with Crippen LogP contribution in [0.2, 0.25) is 0 Å². The van der Waals surface area contributed by atoms with Crippen LogP contribution in [0.15, 0.2) is 5.38 Å². The van der Waals surface area contributed by atoms with Gasteiger partial charge in [-0.2, -0.15) is 0 Å². The molecule has 0 spiro atoms. The van der Waals surface area contributed by atoms with Crippen molar-refractivity contribution in [2.24, 2.45) is 5.73 Å². The normalized spacial score (nSPS) is 10.3. The van der Waals surface area contributed by atoms with Gasteiger partial charge < -0.3 is 5.73 Å². The fraction of sp³-hybridized carbons (Fsp3) is 0.600. The van der Waals surface area contributed by atoms with E-state index in [9.17, 15) is 4.79 Å². The van der Waals surface area contributed by atoms with E-state index >= 15 is 0 Å². The zero-order valence-electron chi connectivity index (χ0n) is 9.19. The van der Waals surface area contributed by atoms with Crippen LogP contribution < -0.4 is 10.6 Å². The molecule has 2 N–H and O–H groups in total. The second-order valence-corrected chi connectivity index (χ2v) is 4.14. The Balaban J connectivity index is 2.66. The maximum absolute atomic E-state index is 11.8. The molecule has 0 saturated carbocycles. The molecule has 0 atom stereocenters. The Morgan fingerprint density at radius 1 is 1.67 bits per heavy atom. The van der Waals surface area contributed by atoms with E-state index in [1.165, 1.54) is 11.3 Å². The topological polar surface area (TPSA) is 59.2 Å². The molecular formula is C10H17N3OS. The Morgan fingerprint density at radius 2 is 2.40 bits per heavy atom. The monoisotopic (exact) mass is 227 g/mol. The second-order valence-electron chi connectivity index (χ2n) is 3.30. The number of hydrogen-bond acceptors (Lipinski definition) is 4. The van der Waals surface area contributed by atoms with Gasteiger partial charge in [-0.25, -0.2) is 4.98 Å². The summed E-state index contributed by atoms with van der Waals surface area (Å²) in [5.41, 5.74) is 6.34. The van der Waals surface area contributed by atoms with Gasteiger partial charge in [-0.15, -0.1) is 11.3 Å². The highest BCUT2D eigenvalue weighted by molar-refractivity contribution is 7.14. The van der Waals surface area contributed by atoms with Crippen molar-refractivity contribution in [2.75, 3.05) is 18.0 Å². The Kier molecular flexibility index (Phi) is 4.71. The molecule has 4 nitrogen and oxygen atoms in total. The maximum atomic E-state index is 11.8. The molecule has 1 aromatic heterocycles. The number of aryl methyl sites for hydroxylation is 1. The molecule has 1 heterocycles. The first-order chi connectivity index (χ1) is 7.19. The molecule has 1 amide bonds. The van der Waals surface area contributed by atoms with Crippen molar-refractivity contribution in [3.05, 3.63) is 11.1 Å². The van der Waals surface area contributed by atoms with Gasteiger partial charge in [-0.05, 0) is 26.8 Å². The van der Waals surface area contributed by atoms with Crippen LogP contribution in [0.5, 0.6) is 0 Å². The summed E-state index contributed by atoms with van der Waals surface area (Å²) in [6.07, 6.45) is 1.24. The summed E-state index contributed by atoms with van der Waals surface area (Å²) in [4.78, 5) is 17.8. The van der Waals surface area contributed by atoms with E-state index in [1.54, 1.807) is 4.90 Å². The third kappa shape index (κ3) is 3.28. The van der Waals surface area contributed by atoms with Crippen LogP contribution in [-0.4, -0.2) is 24.0 Å². The van der Waals surface area contributed by atoms with Gasteiger partial charge in [-0.1, -0.05) is 0 Å². The fourth-order valence-electron chi connectivity index (χ4n) is 1.27. The summed E-state index contributed by atoms with van der Waals surface area (Å²) in [5, 5.41) is 2.74. The molecule has 0 saturated heterocycles. The highest BCUT2D eigenvalue weighted by Gasteiger charge is 2.15. The van der Waals surface area contributed by atoms with Crippen LogP contribution in [-0.2, 0) is 4.79 Å². The number of carbonyl (C=O) groups excluding carboxylic acids is 1. The molecule has 0 unspecified atom stereocenters. The third-order valence-electron chi connectivity index (χ3n) is 2.05. The second kappa shape index (κ2) is 5.82. The highest BCUT2D eigenvalue weighted by atomic mass is 32.1. The van der Waals surface area contributed by atoms with E-state index in [2.05, 4.69) is 4.98 Å². The zero-order chi connectivity index (χ0) is 11.3. The zero-order valence-corrected chi connectivity index (χ0v) is 10.0. The van der Waals surface area contributed by atoms with Crippen molar-refractivity contribution >= 4 is 22.4 Å². The molecule has 15 heavy (non-hydrogen) atoms. The van der Waals surface area contributed by atoms with Gasteiger partial charge in [0.15, 0.2) is 5.13 Å². The number of amides is 1. The minimum Gasteiger partial charge on any atom is -0.330 e. The van der Waals surface area contributed by atoms with Crippen LogP contribution in [0.4, 0.5) is 5.13 Å². The summed E-state index contributed by atoms with van der Waals surface area (Å²) in [6.45, 7) is 5.10. The molecule has 84 valence electrons. The number of carbonyl (C=O) groups is 1. The average Bonchev–Trinajstić information content (AvgIpc) is 2.63. The standard InChI is InChI=1S/C10H17N3OS/c1-3-13(9(14)5-4-6-11)10-12-8(2)7-15-10/h7H,3-6,11H2,1-2H3. The van der Waals surface area contributed by atoms with Gasteiger partial charge in [-0.3, -0.25) is 9.69 Å². The summed E-state index contributed by atoms with van der Waals surface area (Å²) in [5.74, 6) is 0.109. The number of nitrogens with zero attached hydrogens (tertiary/aromatic N) is 2. The quantitative estimate of drug-likeness (QED) is 0.830. The van der Waals surface area contributed by atoms with Crippen molar-refractivity contribution in [1.29, 1.82) is 0 Å². The largest absolute Gasteiger partial charge is 0.330 e. The SMILES string of the molecule is CCN(C(=O)CCCN)c1nc(C)cs1. The number of thiazole rings is 1. The van der Waals surface area contributed by atoms with Crippen molar-refractivity contribution in [2.45, 2.75) is 26.7 Å². The van der Waals surface area contributed by atoms with Crippen LogP contribution in [0.1, 0.15) is 25.5 Å². The van der Waals surface area contributed by atoms with Gasteiger partial charge in [0.2, 0.25) is 5.91 Å². The Morgan fingerprint density at radius 3 is 2.87 bits per heavy atom. The predicted molar refractivity (Wildman–Crippen MR) is 63.2 cm³/mol. The van der Waals surface area contributed by atoms with Gasteiger partial charge in [0.1, 0.15) is 0 Å². The van der Waals surface area contributed by atoms with Crippen LogP contribution in [0.25, 0.3) is 0 Å². The van der Waals surface area contributed by atoms with Crippen LogP contribution in [0, 0.1) is 6.92 Å². The Labute approximate surface area is 94.1 Å². The maximum Gasteiger partial charge on any atom is 0.228 e. The lowest BCUT2D eigenvalue weighted by molar-refractivity contribution is -0.118. The minimum absolute atomic E-state index is 0.109. The molecule has 0 aliphatic heterocycles. The Hall–Kier alpha value is -0.940. The highest BCUT2D eigenvalue weighted by Crippen LogP contribution is 2.20. The predicted octanol–water partition coefficient (Wildman–Crippen LogP) is 1.54. The van der Waals surface area contributed by atoms with Crippen LogP contribution in [0.3, 0.4) is 0 Å². The van der Waals surface area contributed by atoms with Crippen molar-refractivity contribution in [3.8, 4) is 0 Å². The molecule has 1 aromatic rings. The molecule has 0 aliphatic carbocycles. The van der Waals surface area contributed by atoms with E-state index in [4.69, 9.17) is 5.73 Å². The number of anilines is 1. The van der Waals surface area contributed by atoms with Crippen LogP contribution >= 0.6 is 11.3 Å². The van der Waals surface area contributed by atoms with Crippen molar-refractivity contribution in [3.63, 3.8) is 0 Å². The van der Waals surface area contributed by atoms with Gasteiger partial charge in [0.05, 0.1) is 5.69 Å². The molecule has 0 radical (unpaired) electrons. The smallest absolute Gasteiger partial charge is 0.228 e. The first kappa shape index (κ1) is 12.1. The number of nitrogens with two attached hydrogens (primary N) is 1. The number of rotatable bonds is 5. The molecule has 0 aliphatic rings. The molecular weight excluding hydrogens is 210 g/mol. The van der Waals surface area contributed by atoms with E-state index in [1.807, 2.05) is 19.2 Å². The lowest BCUT2D eigenvalue weighted by atomic mass is 10.3. The summed E-state index contributed by atoms with van der Waals surface area (Å²) in [6, 6.07) is 0. The molecule has 0 aromatic carbocycles. The van der Waals surface area contributed by atoms with E-state index in [0.29, 0.717) is 19.5 Å². The summed E-state index contributed by atoms with van der Waals surface area (Å²) >= 11 is 1.51. The lowest BCUT2D eigenvalue weighted by Gasteiger charge is -2.17. The minimum atomic E-state index is 0.109. The van der Waals surface area contributed by atoms with Gasteiger partial charge in [0.25, 0.3) is 0 Å². The summed E-state index contributed by atoms with van der Waals surface area (Å²) < 4.78 is 0. The lowest BCUT2D eigenvalue weighted by Crippen LogP contribution is -2.30. The van der Waals surface area contributed by atoms with Gasteiger partial charge in [0, 0.05) is 18.3 Å². The average molecular weight is 227 g/mol. The number of hydrogen-bond donors (Lipinski definition) is 1. The summed E-state index contributed by atoms with van der Waals surface area (Å²) in [7, 11) is 0. The fourth-order valence-corrected chi connectivity index (χ4v) is 2.16.